The quantitative estimate of drug-likeness (QED) is 0.673. The van der Waals surface area contributed by atoms with Crippen molar-refractivity contribution >= 4 is 23.2 Å². The number of nitrogens with zero attached hydrogens (tertiary/aromatic N) is 1. The van der Waals surface area contributed by atoms with E-state index in [9.17, 15) is 4.79 Å². The van der Waals surface area contributed by atoms with Crippen molar-refractivity contribution in [3.8, 4) is 5.75 Å². The predicted molar refractivity (Wildman–Crippen MR) is 104 cm³/mol. The van der Waals surface area contributed by atoms with Gasteiger partial charge >= 0.3 is 0 Å². The van der Waals surface area contributed by atoms with E-state index in [1.807, 2.05) is 24.3 Å². The third kappa shape index (κ3) is 3.63. The number of fused-ring (bicyclic) bond motifs is 1. The molecular formula is C21H20N2O2S. The Kier molecular flexibility index (Phi) is 4.71. The number of aryl methyl sites for hydroxylation is 2. The monoisotopic (exact) mass is 364 g/mol. The fourth-order valence-electron chi connectivity index (χ4n) is 3.18. The number of nitrogens with one attached hydrogen (secondary N) is 1. The molecule has 5 heteroatoms. The summed E-state index contributed by atoms with van der Waals surface area (Å²) in [5.74, 6) is 0.957. The Balaban J connectivity index is 1.46. The van der Waals surface area contributed by atoms with Crippen LogP contribution < -0.4 is 4.74 Å². The van der Waals surface area contributed by atoms with E-state index in [1.165, 1.54) is 4.88 Å². The van der Waals surface area contributed by atoms with Crippen LogP contribution in [0, 0.1) is 6.92 Å². The Morgan fingerprint density at radius 3 is 2.96 bits per heavy atom. The lowest BCUT2D eigenvalue weighted by molar-refractivity contribution is 0.102. The van der Waals surface area contributed by atoms with Gasteiger partial charge in [0.25, 0.3) is 0 Å². The van der Waals surface area contributed by atoms with Crippen molar-refractivity contribution in [3.63, 3.8) is 0 Å². The molecule has 2 aromatic heterocycles. The Bertz CT molecular complexity index is 954. The van der Waals surface area contributed by atoms with Crippen molar-refractivity contribution in [2.45, 2.75) is 26.2 Å². The van der Waals surface area contributed by atoms with Crippen molar-refractivity contribution in [1.82, 2.24) is 9.97 Å². The van der Waals surface area contributed by atoms with E-state index >= 15 is 0 Å². The minimum atomic E-state index is 0.140. The highest BCUT2D eigenvalue weighted by atomic mass is 32.1. The van der Waals surface area contributed by atoms with Crippen LogP contribution in [-0.4, -0.2) is 22.4 Å². The number of hydrogen-bond acceptors (Lipinski definition) is 4. The fourth-order valence-corrected chi connectivity index (χ4v) is 4.03. The number of Topliss-reactive ketones (excluding diaryl/α,β-unsaturated/α-hetero) is 1. The first-order valence-corrected chi connectivity index (χ1v) is 9.55. The van der Waals surface area contributed by atoms with Gasteiger partial charge in [-0.3, -0.25) is 4.79 Å². The molecule has 1 N–H and O–H groups in total. The summed E-state index contributed by atoms with van der Waals surface area (Å²) in [6.45, 7) is 2.66. The number of ether oxygens (including phenoxy) is 1. The second-order valence-corrected chi connectivity index (χ2v) is 7.76. The zero-order valence-electron chi connectivity index (χ0n) is 14.6. The molecule has 1 aromatic carbocycles. The summed E-state index contributed by atoms with van der Waals surface area (Å²) >= 11 is 1.72. The first-order chi connectivity index (χ1) is 12.7. The number of imidazole rings is 1. The summed E-state index contributed by atoms with van der Waals surface area (Å²) in [7, 11) is 0. The molecule has 0 aliphatic heterocycles. The van der Waals surface area contributed by atoms with Crippen LogP contribution in [0.2, 0.25) is 0 Å². The van der Waals surface area contributed by atoms with Gasteiger partial charge in [-0.05, 0) is 61.7 Å². The Labute approximate surface area is 156 Å². The Hall–Kier alpha value is -2.66. The highest BCUT2D eigenvalue weighted by Gasteiger charge is 2.22. The molecule has 0 unspecified atom stereocenters. The van der Waals surface area contributed by atoms with E-state index in [0.29, 0.717) is 6.61 Å². The van der Waals surface area contributed by atoms with Crippen molar-refractivity contribution in [2.24, 2.45) is 0 Å². The molecule has 1 aliphatic rings. The third-order valence-electron chi connectivity index (χ3n) is 4.55. The van der Waals surface area contributed by atoms with E-state index < -0.39 is 0 Å². The lowest BCUT2D eigenvalue weighted by Crippen LogP contribution is -2.14. The first-order valence-electron chi connectivity index (χ1n) is 8.74. The lowest BCUT2D eigenvalue weighted by atomic mass is 9.86. The molecule has 0 fully saturated rings. The Morgan fingerprint density at radius 2 is 2.19 bits per heavy atom. The highest BCUT2D eigenvalue weighted by Crippen LogP contribution is 2.30. The zero-order chi connectivity index (χ0) is 17.9. The van der Waals surface area contributed by atoms with E-state index in [2.05, 4.69) is 29.0 Å². The van der Waals surface area contributed by atoms with E-state index in [0.717, 1.165) is 52.3 Å². The molecule has 0 bridgehead atoms. The van der Waals surface area contributed by atoms with Gasteiger partial charge in [-0.15, -0.1) is 11.3 Å². The van der Waals surface area contributed by atoms with Crippen LogP contribution in [0.3, 0.4) is 0 Å². The van der Waals surface area contributed by atoms with E-state index in [1.54, 1.807) is 23.9 Å². The normalized spacial score (nSPS) is 15.3. The summed E-state index contributed by atoms with van der Waals surface area (Å²) in [6, 6.07) is 9.96. The number of allylic oxidation sites excluding steroid dienone is 1. The van der Waals surface area contributed by atoms with Gasteiger partial charge in [0.1, 0.15) is 5.75 Å². The molecule has 26 heavy (non-hydrogen) atoms. The van der Waals surface area contributed by atoms with Crippen LogP contribution in [0.15, 0.2) is 48.4 Å². The maximum absolute atomic E-state index is 12.8. The summed E-state index contributed by atoms with van der Waals surface area (Å²) in [5.41, 5.74) is 3.83. The predicted octanol–water partition coefficient (Wildman–Crippen LogP) is 4.61. The number of aromatic nitrogens is 2. The van der Waals surface area contributed by atoms with Gasteiger partial charge in [0, 0.05) is 39.2 Å². The summed E-state index contributed by atoms with van der Waals surface area (Å²) in [5, 5.41) is 0. The summed E-state index contributed by atoms with van der Waals surface area (Å²) < 4.78 is 5.83. The molecule has 0 spiro atoms. The number of carbonyl (C=O) groups is 1. The highest BCUT2D eigenvalue weighted by molar-refractivity contribution is 7.12. The molecule has 132 valence electrons. The van der Waals surface area contributed by atoms with Crippen LogP contribution >= 0.6 is 11.3 Å². The van der Waals surface area contributed by atoms with Crippen LogP contribution in [0.5, 0.6) is 5.75 Å². The van der Waals surface area contributed by atoms with Crippen LogP contribution in [0.25, 0.3) is 6.08 Å². The molecule has 1 aliphatic carbocycles. The van der Waals surface area contributed by atoms with Crippen LogP contribution in [0.4, 0.5) is 0 Å². The van der Waals surface area contributed by atoms with Gasteiger partial charge in [0.2, 0.25) is 0 Å². The number of carbonyl (C=O) groups excluding carboxylic acids is 1. The average Bonchev–Trinajstić information content (AvgIpc) is 3.29. The smallest absolute Gasteiger partial charge is 0.189 e. The summed E-state index contributed by atoms with van der Waals surface area (Å²) in [4.78, 5) is 22.3. The van der Waals surface area contributed by atoms with E-state index in [4.69, 9.17) is 4.74 Å². The number of ketones is 1. The number of H-pyrrole nitrogens is 1. The number of aromatic amines is 1. The van der Waals surface area contributed by atoms with Crippen molar-refractivity contribution in [2.75, 3.05) is 6.61 Å². The van der Waals surface area contributed by atoms with Crippen LogP contribution in [-0.2, 0) is 12.8 Å². The number of rotatable bonds is 5. The number of hydrogen-bond donors (Lipinski definition) is 1. The minimum absolute atomic E-state index is 0.140. The largest absolute Gasteiger partial charge is 0.493 e. The number of benzene rings is 1. The van der Waals surface area contributed by atoms with Crippen LogP contribution in [0.1, 0.15) is 37.8 Å². The van der Waals surface area contributed by atoms with E-state index in [-0.39, 0.29) is 5.78 Å². The third-order valence-corrected chi connectivity index (χ3v) is 5.50. The molecular weight excluding hydrogens is 344 g/mol. The second-order valence-electron chi connectivity index (χ2n) is 6.44. The van der Waals surface area contributed by atoms with Crippen molar-refractivity contribution in [3.05, 3.63) is 75.0 Å². The summed E-state index contributed by atoms with van der Waals surface area (Å²) in [6.07, 6.45) is 7.94. The molecule has 0 saturated carbocycles. The van der Waals surface area contributed by atoms with Crippen molar-refractivity contribution < 1.29 is 9.53 Å². The SMILES string of the molecule is Cc1ccc(/C=C2/CCc3cc(OCCc4cnc[nH]4)ccc3C2=O)s1. The molecule has 0 saturated heterocycles. The van der Waals surface area contributed by atoms with Gasteiger partial charge in [-0.1, -0.05) is 0 Å². The number of thiophene rings is 1. The Morgan fingerprint density at radius 1 is 1.27 bits per heavy atom. The van der Waals surface area contributed by atoms with Gasteiger partial charge < -0.3 is 9.72 Å². The molecule has 0 amide bonds. The molecule has 2 heterocycles. The van der Waals surface area contributed by atoms with Gasteiger partial charge in [-0.25, -0.2) is 4.98 Å². The standard InChI is InChI=1S/C21H20N2O2S/c1-14-2-6-19(26-14)11-16-4-3-15-10-18(5-7-20(15)21(16)24)25-9-8-17-12-22-13-23-17/h2,5-7,10-13H,3-4,8-9H2,1H3,(H,22,23)/b16-11-. The maximum atomic E-state index is 12.8. The maximum Gasteiger partial charge on any atom is 0.189 e. The van der Waals surface area contributed by atoms with Crippen molar-refractivity contribution in [1.29, 1.82) is 0 Å². The molecule has 4 nitrogen and oxygen atoms in total. The zero-order valence-corrected chi connectivity index (χ0v) is 15.4. The first kappa shape index (κ1) is 16.8. The average molecular weight is 364 g/mol. The molecule has 0 atom stereocenters. The van der Waals surface area contributed by atoms with Gasteiger partial charge in [0.15, 0.2) is 5.78 Å². The lowest BCUT2D eigenvalue weighted by Gasteiger charge is -2.18. The topological polar surface area (TPSA) is 55.0 Å². The van der Waals surface area contributed by atoms with Gasteiger partial charge in [0.05, 0.1) is 12.9 Å². The minimum Gasteiger partial charge on any atom is -0.493 e. The molecule has 3 aromatic rings. The van der Waals surface area contributed by atoms with Gasteiger partial charge in [-0.2, -0.15) is 0 Å². The second kappa shape index (κ2) is 7.30. The molecule has 0 radical (unpaired) electrons. The molecule has 4 rings (SSSR count). The fraction of sp³-hybridized carbons (Fsp3) is 0.238.